The van der Waals surface area contributed by atoms with Crippen LogP contribution >= 0.6 is 0 Å². The molecule has 1 unspecified atom stereocenters. The van der Waals surface area contributed by atoms with Crippen LogP contribution in [-0.2, 0) is 21.3 Å². The number of carbonyl (C=O) groups is 1. The van der Waals surface area contributed by atoms with Crippen LogP contribution in [0, 0.1) is 0 Å². The molecule has 0 aliphatic heterocycles. The molecular weight excluding hydrogens is 440 g/mol. The number of rotatable bonds is 12. The summed E-state index contributed by atoms with van der Waals surface area (Å²) in [5, 5.41) is 7.90. The zero-order chi connectivity index (χ0) is 24.4. The van der Waals surface area contributed by atoms with E-state index in [0.717, 1.165) is 17.5 Å². The second kappa shape index (κ2) is 12.2. The average molecular weight is 473 g/mol. The van der Waals surface area contributed by atoms with E-state index < -0.39 is 16.5 Å². The van der Waals surface area contributed by atoms with E-state index in [4.69, 9.17) is 9.84 Å². The van der Waals surface area contributed by atoms with Crippen molar-refractivity contribution < 1.29 is 13.7 Å². The maximum atomic E-state index is 12.2. The van der Waals surface area contributed by atoms with Crippen molar-refractivity contribution in [2.45, 2.75) is 40.2 Å². The molecule has 0 saturated carbocycles. The number of hydrogen-bond acceptors (Lipinski definition) is 7. The van der Waals surface area contributed by atoms with Gasteiger partial charge in [-0.2, -0.15) is 5.10 Å². The molecule has 0 saturated heterocycles. The van der Waals surface area contributed by atoms with Crippen LogP contribution in [0.5, 0.6) is 0 Å². The van der Waals surface area contributed by atoms with E-state index in [2.05, 4.69) is 26.7 Å². The van der Waals surface area contributed by atoms with Crippen molar-refractivity contribution in [3.8, 4) is 11.3 Å². The van der Waals surface area contributed by atoms with Crippen LogP contribution in [0.25, 0.3) is 11.3 Å². The number of aldehydes is 1. The van der Waals surface area contributed by atoms with E-state index in [1.165, 1.54) is 0 Å². The Balaban J connectivity index is 2.46. The Morgan fingerprint density at radius 2 is 1.97 bits per heavy atom. The van der Waals surface area contributed by atoms with Gasteiger partial charge in [0.1, 0.15) is 35.0 Å². The molecule has 0 aliphatic rings. The van der Waals surface area contributed by atoms with Gasteiger partial charge in [0, 0.05) is 29.8 Å². The lowest BCUT2D eigenvalue weighted by Gasteiger charge is -2.23. The van der Waals surface area contributed by atoms with Crippen molar-refractivity contribution in [3.63, 3.8) is 0 Å². The van der Waals surface area contributed by atoms with E-state index in [1.54, 1.807) is 17.0 Å². The van der Waals surface area contributed by atoms with Gasteiger partial charge in [-0.25, -0.2) is 13.9 Å². The molecule has 2 aromatic rings. The molecule has 2 N–H and O–H groups in total. The Morgan fingerprint density at radius 3 is 2.52 bits per heavy atom. The summed E-state index contributed by atoms with van der Waals surface area (Å²) in [5.74, 6) is 1.42. The van der Waals surface area contributed by atoms with Gasteiger partial charge < -0.3 is 14.8 Å². The molecule has 33 heavy (non-hydrogen) atoms. The van der Waals surface area contributed by atoms with Gasteiger partial charge in [0.2, 0.25) is 0 Å². The molecular formula is C23H32N6O3S. The molecule has 0 amide bonds. The van der Waals surface area contributed by atoms with Gasteiger partial charge in [0.05, 0.1) is 11.1 Å². The van der Waals surface area contributed by atoms with E-state index in [-0.39, 0.29) is 6.73 Å². The van der Waals surface area contributed by atoms with Gasteiger partial charge in [-0.1, -0.05) is 19.1 Å². The normalized spacial score (nSPS) is 13.2. The molecule has 10 heteroatoms. The topological polar surface area (TPSA) is 110 Å². The third kappa shape index (κ3) is 7.19. The van der Waals surface area contributed by atoms with Crippen LogP contribution in [0.3, 0.4) is 0 Å². The van der Waals surface area contributed by atoms with E-state index in [1.807, 2.05) is 58.9 Å². The van der Waals surface area contributed by atoms with Crippen molar-refractivity contribution in [3.05, 3.63) is 41.7 Å². The minimum absolute atomic E-state index is 0.248. The van der Waals surface area contributed by atoms with Gasteiger partial charge >= 0.3 is 0 Å². The fourth-order valence-electron chi connectivity index (χ4n) is 2.83. The fraction of sp³-hybridized carbons (Fsp3) is 0.391. The van der Waals surface area contributed by atoms with Crippen molar-refractivity contribution in [1.29, 1.82) is 0 Å². The number of ether oxygens (including phenoxy) is 1. The molecule has 1 aromatic heterocycles. The zero-order valence-corrected chi connectivity index (χ0v) is 20.6. The van der Waals surface area contributed by atoms with Gasteiger partial charge in [0.15, 0.2) is 6.29 Å². The van der Waals surface area contributed by atoms with Crippen LogP contribution in [0.4, 0.5) is 11.5 Å². The molecule has 0 bridgehead atoms. The SMILES string of the molecule is C=N/C(=C\C=N/COCC)Nc1c(C=O)c(-c2ccc(NS(=O)CC)cc2)nn1C(C)(C)C. The van der Waals surface area contributed by atoms with Crippen LogP contribution in [-0.4, -0.2) is 52.3 Å². The number of aromatic nitrogens is 2. The Morgan fingerprint density at radius 1 is 1.27 bits per heavy atom. The molecule has 1 aromatic carbocycles. The first-order valence-electron chi connectivity index (χ1n) is 10.6. The number of aliphatic imine (C=N–C) groups is 2. The monoisotopic (exact) mass is 472 g/mol. The van der Waals surface area contributed by atoms with Crippen LogP contribution in [0.1, 0.15) is 45.0 Å². The molecule has 1 atom stereocenters. The third-order valence-corrected chi connectivity index (χ3v) is 5.44. The fourth-order valence-corrected chi connectivity index (χ4v) is 3.37. The van der Waals surface area contributed by atoms with E-state index in [9.17, 15) is 9.00 Å². The summed E-state index contributed by atoms with van der Waals surface area (Å²) in [6.07, 6.45) is 3.99. The van der Waals surface area contributed by atoms with Gasteiger partial charge in [-0.15, -0.1) is 0 Å². The van der Waals surface area contributed by atoms with Gasteiger partial charge in [-0.05, 0) is 52.6 Å². The summed E-state index contributed by atoms with van der Waals surface area (Å²) in [6.45, 7) is 14.1. The standard InChI is InChI=1S/C23H32N6O3S/c1-7-32-16-25-14-13-20(24-6)26-22-19(15-30)21(27-29(22)23(3,4)5)17-9-11-18(12-10-17)28-33(31)8-2/h9-15,26,28H,6-8,16H2,1-5H3/b20-13+,25-14-. The summed E-state index contributed by atoms with van der Waals surface area (Å²) >= 11 is 0. The number of nitrogens with zero attached hydrogens (tertiary/aromatic N) is 4. The molecule has 2 rings (SSSR count). The number of hydrogen-bond donors (Lipinski definition) is 2. The molecule has 9 nitrogen and oxygen atoms in total. The molecule has 178 valence electrons. The minimum Gasteiger partial charge on any atom is -0.360 e. The van der Waals surface area contributed by atoms with Crippen molar-refractivity contribution in [2.24, 2.45) is 9.98 Å². The van der Waals surface area contributed by atoms with Crippen LogP contribution < -0.4 is 10.0 Å². The largest absolute Gasteiger partial charge is 0.360 e. The summed E-state index contributed by atoms with van der Waals surface area (Å²) in [6, 6.07) is 7.30. The Labute approximate surface area is 197 Å². The zero-order valence-electron chi connectivity index (χ0n) is 19.8. The minimum atomic E-state index is -1.14. The smallest absolute Gasteiger partial charge is 0.156 e. The first-order chi connectivity index (χ1) is 15.7. The number of anilines is 2. The number of carbonyl (C=O) groups excluding carboxylic acids is 1. The number of nitrogens with one attached hydrogen (secondary N) is 2. The first-order valence-corrected chi connectivity index (χ1v) is 11.9. The predicted molar refractivity (Wildman–Crippen MR) is 137 cm³/mol. The quantitative estimate of drug-likeness (QED) is 0.273. The second-order valence-corrected chi connectivity index (χ2v) is 9.39. The lowest BCUT2D eigenvalue weighted by molar-refractivity contribution is 0.112. The molecule has 0 spiro atoms. The number of benzene rings is 1. The Hall–Kier alpha value is -3.11. The second-order valence-electron chi connectivity index (χ2n) is 7.91. The maximum absolute atomic E-state index is 12.2. The lowest BCUT2D eigenvalue weighted by atomic mass is 10.1. The van der Waals surface area contributed by atoms with Gasteiger partial charge in [0.25, 0.3) is 0 Å². The van der Waals surface area contributed by atoms with Crippen LogP contribution in [0.15, 0.2) is 46.1 Å². The molecule has 1 heterocycles. The van der Waals surface area contributed by atoms with Gasteiger partial charge in [-0.3, -0.25) is 9.79 Å². The predicted octanol–water partition coefficient (Wildman–Crippen LogP) is 4.23. The lowest BCUT2D eigenvalue weighted by Crippen LogP contribution is -2.25. The highest BCUT2D eigenvalue weighted by Crippen LogP contribution is 2.33. The first kappa shape index (κ1) is 26.1. The van der Waals surface area contributed by atoms with Crippen molar-refractivity contribution in [1.82, 2.24) is 9.78 Å². The molecule has 0 radical (unpaired) electrons. The molecule has 0 aliphatic carbocycles. The Bertz CT molecular complexity index is 1040. The Kier molecular flexibility index (Phi) is 9.68. The van der Waals surface area contributed by atoms with Crippen LogP contribution in [0.2, 0.25) is 0 Å². The maximum Gasteiger partial charge on any atom is 0.156 e. The van der Waals surface area contributed by atoms with E-state index in [0.29, 0.717) is 35.3 Å². The highest BCUT2D eigenvalue weighted by atomic mass is 32.2. The average Bonchev–Trinajstić information content (AvgIpc) is 3.17. The molecule has 0 fully saturated rings. The summed E-state index contributed by atoms with van der Waals surface area (Å²) in [7, 11) is -1.14. The van der Waals surface area contributed by atoms with Crippen molar-refractivity contribution in [2.75, 3.05) is 29.1 Å². The summed E-state index contributed by atoms with van der Waals surface area (Å²) in [5.41, 5.74) is 1.98. The number of allylic oxidation sites excluding steroid dienone is 1. The summed E-state index contributed by atoms with van der Waals surface area (Å²) < 4.78 is 21.6. The van der Waals surface area contributed by atoms with Crippen molar-refractivity contribution >= 4 is 41.7 Å². The summed E-state index contributed by atoms with van der Waals surface area (Å²) in [4.78, 5) is 20.3. The van der Waals surface area contributed by atoms with E-state index >= 15 is 0 Å². The highest BCUT2D eigenvalue weighted by Gasteiger charge is 2.26. The highest BCUT2D eigenvalue weighted by molar-refractivity contribution is 7.86. The third-order valence-electron chi connectivity index (χ3n) is 4.45.